The van der Waals surface area contributed by atoms with E-state index in [2.05, 4.69) is 5.32 Å². The van der Waals surface area contributed by atoms with Crippen LogP contribution in [0.2, 0.25) is 15.1 Å². The Morgan fingerprint density at radius 2 is 1.63 bits per heavy atom. The minimum atomic E-state index is -1.04. The molecule has 1 saturated heterocycles. The van der Waals surface area contributed by atoms with Gasteiger partial charge in [-0.2, -0.15) is 0 Å². The lowest BCUT2D eigenvalue weighted by Crippen LogP contribution is -2.30. The maximum atomic E-state index is 13.0. The fourth-order valence-electron chi connectivity index (χ4n) is 2.74. The van der Waals surface area contributed by atoms with E-state index in [1.165, 1.54) is 24.3 Å². The van der Waals surface area contributed by atoms with Crippen molar-refractivity contribution in [1.82, 2.24) is 5.32 Å². The van der Waals surface area contributed by atoms with Gasteiger partial charge in [-0.3, -0.25) is 9.59 Å². The van der Waals surface area contributed by atoms with E-state index in [9.17, 15) is 19.2 Å². The number of nitrogens with one attached hydrogen (secondary N) is 1. The van der Waals surface area contributed by atoms with E-state index in [1.54, 1.807) is 25.1 Å². The molecule has 3 amide bonds. The van der Waals surface area contributed by atoms with Crippen molar-refractivity contribution in [2.24, 2.45) is 0 Å². The number of nitrogens with zero attached hydrogens (tertiary/aromatic N) is 1. The lowest BCUT2D eigenvalue weighted by atomic mass is 10.0. The Morgan fingerprint density at radius 1 is 1.00 bits per heavy atom. The molecule has 0 spiro atoms. The number of halogens is 3. The summed E-state index contributed by atoms with van der Waals surface area (Å²) < 4.78 is 4.94. The molecule has 0 radical (unpaired) electrons. The number of hydrogen-bond donors (Lipinski definition) is 1. The molecule has 1 heterocycles. The van der Waals surface area contributed by atoms with E-state index >= 15 is 0 Å². The summed E-state index contributed by atoms with van der Waals surface area (Å²) in [7, 11) is 0. The summed E-state index contributed by atoms with van der Waals surface area (Å²) in [5.41, 5.74) is -1.03. The Bertz CT molecular complexity index is 1100. The van der Waals surface area contributed by atoms with Crippen LogP contribution in [0.1, 0.15) is 17.3 Å². The summed E-state index contributed by atoms with van der Waals surface area (Å²) in [6.45, 7) is 1.51. The van der Waals surface area contributed by atoms with Crippen molar-refractivity contribution in [3.05, 3.63) is 74.4 Å². The summed E-state index contributed by atoms with van der Waals surface area (Å²) in [5, 5.41) is 2.42. The fraction of sp³-hybridized carbons (Fsp3) is 0.100. The normalized spacial score (nSPS) is 15.1. The van der Waals surface area contributed by atoms with Crippen LogP contribution in [0, 0.1) is 0 Å². The smallest absolute Gasteiger partial charge is 0.344 e. The van der Waals surface area contributed by atoms with Crippen molar-refractivity contribution in [2.45, 2.75) is 6.92 Å². The third-order valence-electron chi connectivity index (χ3n) is 4.08. The first kappa shape index (κ1) is 21.8. The first-order chi connectivity index (χ1) is 14.3. The van der Waals surface area contributed by atoms with Gasteiger partial charge in [0.1, 0.15) is 11.3 Å². The lowest BCUT2D eigenvalue weighted by Gasteiger charge is -2.15. The first-order valence-electron chi connectivity index (χ1n) is 8.57. The molecule has 1 fully saturated rings. The highest BCUT2D eigenvalue weighted by atomic mass is 35.5. The average Bonchev–Trinajstić information content (AvgIpc) is 2.99. The second-order valence-corrected chi connectivity index (χ2v) is 7.18. The number of hydrogen-bond acceptors (Lipinski definition) is 5. The van der Waals surface area contributed by atoms with Crippen LogP contribution in [-0.2, 0) is 14.3 Å². The van der Waals surface area contributed by atoms with Gasteiger partial charge < -0.3 is 10.1 Å². The molecule has 154 valence electrons. The standard InChI is InChI=1S/C20H13Cl3N2O5/c1-2-30-19(28)15(17(26)10-6-4-3-5-7-10)16-18(27)25(20(29)24-16)14-9-12(22)11(21)8-13(14)23/h3-9H,2H2,1H3,(H,24,29). The number of urea groups is 1. The highest BCUT2D eigenvalue weighted by Gasteiger charge is 2.42. The van der Waals surface area contributed by atoms with Crippen molar-refractivity contribution in [3.63, 3.8) is 0 Å². The van der Waals surface area contributed by atoms with Gasteiger partial charge in [0, 0.05) is 5.56 Å². The van der Waals surface area contributed by atoms with E-state index < -0.39 is 35.0 Å². The molecular weight excluding hydrogens is 455 g/mol. The van der Waals surface area contributed by atoms with Gasteiger partial charge in [0.25, 0.3) is 5.91 Å². The van der Waals surface area contributed by atoms with Gasteiger partial charge in [-0.25, -0.2) is 14.5 Å². The number of esters is 1. The largest absolute Gasteiger partial charge is 0.462 e. The van der Waals surface area contributed by atoms with Crippen molar-refractivity contribution in [3.8, 4) is 0 Å². The van der Waals surface area contributed by atoms with E-state index in [1.807, 2.05) is 0 Å². The predicted molar refractivity (Wildman–Crippen MR) is 112 cm³/mol. The molecule has 1 aliphatic heterocycles. The second kappa shape index (κ2) is 8.87. The van der Waals surface area contributed by atoms with E-state index in [4.69, 9.17) is 39.5 Å². The predicted octanol–water partition coefficient (Wildman–Crippen LogP) is 4.40. The molecule has 2 aromatic rings. The Balaban J connectivity index is 2.13. The summed E-state index contributed by atoms with van der Waals surface area (Å²) in [5.74, 6) is -2.79. The average molecular weight is 468 g/mol. The van der Waals surface area contributed by atoms with Crippen LogP contribution in [0.4, 0.5) is 10.5 Å². The van der Waals surface area contributed by atoms with Crippen LogP contribution >= 0.6 is 34.8 Å². The fourth-order valence-corrected chi connectivity index (χ4v) is 3.36. The van der Waals surface area contributed by atoms with Crippen molar-refractivity contribution in [2.75, 3.05) is 11.5 Å². The number of carbonyl (C=O) groups is 4. The molecule has 0 aliphatic carbocycles. The monoisotopic (exact) mass is 466 g/mol. The first-order valence-corrected chi connectivity index (χ1v) is 9.70. The van der Waals surface area contributed by atoms with Gasteiger partial charge in [-0.05, 0) is 19.1 Å². The summed E-state index contributed by atoms with van der Waals surface area (Å²) in [6, 6.07) is 9.39. The number of benzene rings is 2. The Labute approximate surface area is 186 Å². The molecule has 2 aromatic carbocycles. The topological polar surface area (TPSA) is 92.8 Å². The number of anilines is 1. The van der Waals surface area contributed by atoms with Crippen LogP contribution < -0.4 is 10.2 Å². The molecule has 0 bridgehead atoms. The zero-order valence-corrected chi connectivity index (χ0v) is 17.6. The van der Waals surface area contributed by atoms with Crippen molar-refractivity contribution < 1.29 is 23.9 Å². The molecule has 10 heteroatoms. The number of ketones is 1. The van der Waals surface area contributed by atoms with Crippen molar-refractivity contribution >= 4 is 64.2 Å². The summed E-state index contributed by atoms with van der Waals surface area (Å²) in [4.78, 5) is 51.7. The molecular formula is C20H13Cl3N2O5. The van der Waals surface area contributed by atoms with Crippen LogP contribution in [0.5, 0.6) is 0 Å². The minimum absolute atomic E-state index is 0.0266. The van der Waals surface area contributed by atoms with Gasteiger partial charge >= 0.3 is 12.0 Å². The lowest BCUT2D eigenvalue weighted by molar-refractivity contribution is -0.138. The molecule has 1 aliphatic rings. The molecule has 3 rings (SSSR count). The van der Waals surface area contributed by atoms with Gasteiger partial charge in [0.2, 0.25) is 5.78 Å². The number of ether oxygens (including phenoxy) is 1. The van der Waals surface area contributed by atoms with Gasteiger partial charge in [0.05, 0.1) is 27.4 Å². The summed E-state index contributed by atoms with van der Waals surface area (Å²) >= 11 is 18.0. The van der Waals surface area contributed by atoms with Crippen LogP contribution in [0.3, 0.4) is 0 Å². The third-order valence-corrected chi connectivity index (χ3v) is 5.10. The second-order valence-electron chi connectivity index (χ2n) is 5.95. The quantitative estimate of drug-likeness (QED) is 0.134. The maximum Gasteiger partial charge on any atom is 0.344 e. The zero-order chi connectivity index (χ0) is 22.0. The van der Waals surface area contributed by atoms with Crippen LogP contribution in [0.15, 0.2) is 53.7 Å². The number of rotatable bonds is 5. The van der Waals surface area contributed by atoms with Gasteiger partial charge in [0.15, 0.2) is 0 Å². The molecule has 0 atom stereocenters. The number of imide groups is 1. The molecule has 0 saturated carbocycles. The number of carbonyl (C=O) groups excluding carboxylic acids is 4. The van der Waals surface area contributed by atoms with E-state index in [-0.39, 0.29) is 32.9 Å². The zero-order valence-electron chi connectivity index (χ0n) is 15.4. The van der Waals surface area contributed by atoms with Crippen LogP contribution in [0.25, 0.3) is 0 Å². The van der Waals surface area contributed by atoms with Gasteiger partial charge in [-0.1, -0.05) is 65.1 Å². The Kier molecular flexibility index (Phi) is 6.45. The highest BCUT2D eigenvalue weighted by molar-refractivity contribution is 6.45. The van der Waals surface area contributed by atoms with Crippen LogP contribution in [-0.4, -0.2) is 30.3 Å². The SMILES string of the molecule is CCOC(=O)C(C(=O)c1ccccc1)=C1NC(=O)N(c2cc(Cl)c(Cl)cc2Cl)C1=O. The Hall–Kier alpha value is -2.87. The highest BCUT2D eigenvalue weighted by Crippen LogP contribution is 2.36. The van der Waals surface area contributed by atoms with Crippen molar-refractivity contribution in [1.29, 1.82) is 0 Å². The van der Waals surface area contributed by atoms with Gasteiger partial charge in [-0.15, -0.1) is 0 Å². The van der Waals surface area contributed by atoms with E-state index in [0.717, 1.165) is 0 Å². The molecule has 0 unspecified atom stereocenters. The Morgan fingerprint density at radius 3 is 2.27 bits per heavy atom. The maximum absolute atomic E-state index is 13.0. The van der Waals surface area contributed by atoms with E-state index in [0.29, 0.717) is 4.90 Å². The number of amides is 3. The molecule has 7 nitrogen and oxygen atoms in total. The molecule has 0 aromatic heterocycles. The minimum Gasteiger partial charge on any atom is -0.462 e. The molecule has 1 N–H and O–H groups in total. The third kappa shape index (κ3) is 4.05. The molecule has 30 heavy (non-hydrogen) atoms. The number of Topliss-reactive ketones (excluding diaryl/α,β-unsaturated/α-hetero) is 1. The summed E-state index contributed by atoms with van der Waals surface area (Å²) in [6.07, 6.45) is 0.